The number of hydrogen-bond acceptors (Lipinski definition) is 3. The van der Waals surface area contributed by atoms with Crippen molar-refractivity contribution in [3.05, 3.63) is 39.9 Å². The Hall–Kier alpha value is -1.42. The summed E-state index contributed by atoms with van der Waals surface area (Å²) in [5.41, 5.74) is 7.16. The van der Waals surface area contributed by atoms with Crippen molar-refractivity contribution in [1.29, 1.82) is 0 Å². The highest BCUT2D eigenvalue weighted by molar-refractivity contribution is 5.39. The molecule has 1 aliphatic carbocycles. The van der Waals surface area contributed by atoms with Crippen LogP contribution in [0.25, 0.3) is 0 Å². The van der Waals surface area contributed by atoms with Crippen LogP contribution in [0.2, 0.25) is 0 Å². The first-order valence-electron chi connectivity index (χ1n) is 5.41. The molecule has 1 aliphatic rings. The van der Waals surface area contributed by atoms with Crippen LogP contribution in [0, 0.1) is 10.1 Å². The number of nitrogens with zero attached hydrogens (tertiary/aromatic N) is 1. The van der Waals surface area contributed by atoms with Crippen LogP contribution in [0.4, 0.5) is 5.69 Å². The van der Waals surface area contributed by atoms with Crippen molar-refractivity contribution >= 4 is 5.69 Å². The third-order valence-corrected chi connectivity index (χ3v) is 3.83. The molecular weight excluding hydrogens is 204 g/mol. The molecule has 0 radical (unpaired) electrons. The molecule has 0 unspecified atom stereocenters. The van der Waals surface area contributed by atoms with Crippen LogP contribution in [0.5, 0.6) is 0 Å². The van der Waals surface area contributed by atoms with Gasteiger partial charge in [-0.3, -0.25) is 10.1 Å². The quantitative estimate of drug-likeness (QED) is 0.628. The van der Waals surface area contributed by atoms with Crippen LogP contribution < -0.4 is 5.73 Å². The van der Waals surface area contributed by atoms with Crippen LogP contribution in [-0.4, -0.2) is 10.5 Å². The maximum Gasteiger partial charge on any atom is 0.269 e. The number of non-ortho nitro benzene ring substituents is 1. The normalized spacial score (nSPS) is 18.2. The van der Waals surface area contributed by atoms with Crippen molar-refractivity contribution in [3.8, 4) is 0 Å². The van der Waals surface area contributed by atoms with Gasteiger partial charge in [0, 0.05) is 23.1 Å². The number of nitro benzene ring substituents is 1. The second-order valence-corrected chi connectivity index (χ2v) is 5.09. The summed E-state index contributed by atoms with van der Waals surface area (Å²) in [7, 11) is 0. The van der Waals surface area contributed by atoms with Crippen LogP contribution in [-0.2, 0) is 5.41 Å². The fourth-order valence-corrected chi connectivity index (χ4v) is 2.05. The van der Waals surface area contributed by atoms with Gasteiger partial charge in [0.05, 0.1) is 4.92 Å². The minimum Gasteiger partial charge on any atom is -0.324 e. The lowest BCUT2D eigenvalue weighted by Crippen LogP contribution is -2.43. The first-order valence-corrected chi connectivity index (χ1v) is 5.41. The average Bonchev–Trinajstić information content (AvgIpc) is 2.98. The Balaban J connectivity index is 2.31. The second-order valence-electron chi connectivity index (χ2n) is 5.09. The van der Waals surface area contributed by atoms with Gasteiger partial charge in [0.15, 0.2) is 0 Å². The molecule has 1 fully saturated rings. The van der Waals surface area contributed by atoms with E-state index < -0.39 is 0 Å². The van der Waals surface area contributed by atoms with E-state index in [0.29, 0.717) is 0 Å². The van der Waals surface area contributed by atoms with Crippen molar-refractivity contribution in [2.75, 3.05) is 0 Å². The summed E-state index contributed by atoms with van der Waals surface area (Å²) in [6, 6.07) is 6.71. The molecule has 1 aromatic carbocycles. The van der Waals surface area contributed by atoms with Crippen molar-refractivity contribution in [3.63, 3.8) is 0 Å². The molecule has 0 saturated heterocycles. The fourth-order valence-electron chi connectivity index (χ4n) is 2.05. The van der Waals surface area contributed by atoms with Gasteiger partial charge in [-0.2, -0.15) is 0 Å². The SMILES string of the molecule is CC(C)(c1ccc([N+](=O)[O-])cc1)C1(N)CC1. The molecule has 86 valence electrons. The average molecular weight is 220 g/mol. The molecule has 2 N–H and O–H groups in total. The predicted molar refractivity (Wildman–Crippen MR) is 62.3 cm³/mol. The van der Waals surface area contributed by atoms with E-state index in [0.717, 1.165) is 18.4 Å². The van der Waals surface area contributed by atoms with Crippen molar-refractivity contribution < 1.29 is 4.92 Å². The molecule has 0 amide bonds. The lowest BCUT2D eigenvalue weighted by Gasteiger charge is -2.32. The van der Waals surface area contributed by atoms with Gasteiger partial charge in [0.2, 0.25) is 0 Å². The lowest BCUT2D eigenvalue weighted by molar-refractivity contribution is -0.384. The molecule has 0 aromatic heterocycles. The molecule has 1 aromatic rings. The minimum absolute atomic E-state index is 0.123. The monoisotopic (exact) mass is 220 g/mol. The van der Waals surface area contributed by atoms with Crippen molar-refractivity contribution in [2.24, 2.45) is 5.73 Å². The highest BCUT2D eigenvalue weighted by atomic mass is 16.6. The molecule has 2 rings (SSSR count). The Kier molecular flexibility index (Phi) is 2.27. The molecular formula is C12H16N2O2. The highest BCUT2D eigenvalue weighted by Crippen LogP contribution is 2.49. The van der Waals surface area contributed by atoms with E-state index >= 15 is 0 Å². The van der Waals surface area contributed by atoms with E-state index in [-0.39, 0.29) is 21.6 Å². The van der Waals surface area contributed by atoms with Crippen LogP contribution in [0.3, 0.4) is 0 Å². The van der Waals surface area contributed by atoms with E-state index in [1.807, 2.05) is 12.1 Å². The molecule has 0 aliphatic heterocycles. The van der Waals surface area contributed by atoms with Crippen molar-refractivity contribution in [1.82, 2.24) is 0 Å². The van der Waals surface area contributed by atoms with E-state index in [9.17, 15) is 10.1 Å². The number of nitro groups is 1. The zero-order valence-electron chi connectivity index (χ0n) is 9.56. The molecule has 4 nitrogen and oxygen atoms in total. The topological polar surface area (TPSA) is 69.2 Å². The Morgan fingerprint density at radius 3 is 2.19 bits per heavy atom. The fraction of sp³-hybridized carbons (Fsp3) is 0.500. The Labute approximate surface area is 94.6 Å². The Morgan fingerprint density at radius 1 is 1.31 bits per heavy atom. The molecule has 0 spiro atoms. The smallest absolute Gasteiger partial charge is 0.269 e. The standard InChI is InChI=1S/C12H16N2O2/c1-11(2,12(13)7-8-12)9-3-5-10(6-4-9)14(15)16/h3-6H,7-8,13H2,1-2H3. The maximum absolute atomic E-state index is 10.6. The molecule has 1 saturated carbocycles. The molecule has 0 atom stereocenters. The van der Waals surface area contributed by atoms with Crippen LogP contribution in [0.1, 0.15) is 32.3 Å². The second kappa shape index (κ2) is 3.28. The summed E-state index contributed by atoms with van der Waals surface area (Å²) in [4.78, 5) is 10.2. The minimum atomic E-state index is -0.383. The Bertz CT molecular complexity index is 419. The molecule has 0 heterocycles. The molecule has 16 heavy (non-hydrogen) atoms. The van der Waals surface area contributed by atoms with Crippen LogP contribution in [0.15, 0.2) is 24.3 Å². The van der Waals surface area contributed by atoms with Crippen molar-refractivity contribution in [2.45, 2.75) is 37.6 Å². The summed E-state index contributed by atoms with van der Waals surface area (Å²) in [5.74, 6) is 0. The third-order valence-electron chi connectivity index (χ3n) is 3.83. The van der Waals surface area contributed by atoms with Gasteiger partial charge in [-0.1, -0.05) is 26.0 Å². The largest absolute Gasteiger partial charge is 0.324 e. The van der Waals surface area contributed by atoms with Crippen LogP contribution >= 0.6 is 0 Å². The van der Waals surface area contributed by atoms with Gasteiger partial charge >= 0.3 is 0 Å². The third kappa shape index (κ3) is 1.59. The van der Waals surface area contributed by atoms with Gasteiger partial charge in [-0.05, 0) is 18.4 Å². The first kappa shape index (κ1) is 11.1. The van der Waals surface area contributed by atoms with E-state index in [1.165, 1.54) is 0 Å². The summed E-state index contributed by atoms with van der Waals surface area (Å²) in [6.07, 6.45) is 2.05. The van der Waals surface area contributed by atoms with E-state index in [1.54, 1.807) is 12.1 Å². The molecule has 4 heteroatoms. The molecule has 0 bridgehead atoms. The number of benzene rings is 1. The van der Waals surface area contributed by atoms with Gasteiger partial charge in [-0.15, -0.1) is 0 Å². The van der Waals surface area contributed by atoms with Gasteiger partial charge < -0.3 is 5.73 Å². The summed E-state index contributed by atoms with van der Waals surface area (Å²) in [6.45, 7) is 4.20. The predicted octanol–water partition coefficient (Wildman–Crippen LogP) is 2.36. The van der Waals surface area contributed by atoms with Gasteiger partial charge in [0.25, 0.3) is 5.69 Å². The van der Waals surface area contributed by atoms with Gasteiger partial charge in [0.1, 0.15) is 0 Å². The van der Waals surface area contributed by atoms with Gasteiger partial charge in [-0.25, -0.2) is 0 Å². The van der Waals surface area contributed by atoms with E-state index in [2.05, 4.69) is 13.8 Å². The van der Waals surface area contributed by atoms with E-state index in [4.69, 9.17) is 5.73 Å². The maximum atomic E-state index is 10.6. The zero-order chi connectivity index (χ0) is 12.0. The highest BCUT2D eigenvalue weighted by Gasteiger charge is 2.51. The lowest BCUT2D eigenvalue weighted by atomic mass is 9.76. The first-order chi connectivity index (χ1) is 7.37. The summed E-state index contributed by atoms with van der Waals surface area (Å²) in [5, 5.41) is 10.6. The Morgan fingerprint density at radius 2 is 1.81 bits per heavy atom. The number of hydrogen-bond donors (Lipinski definition) is 1. The summed E-state index contributed by atoms with van der Waals surface area (Å²) >= 11 is 0. The number of nitrogens with two attached hydrogens (primary N) is 1. The number of rotatable bonds is 3. The summed E-state index contributed by atoms with van der Waals surface area (Å²) < 4.78 is 0. The zero-order valence-corrected chi connectivity index (χ0v) is 9.56.